The summed E-state index contributed by atoms with van der Waals surface area (Å²) in [5, 5.41) is 1.04. The molecular weight excluding hydrogens is 235 g/mol. The number of hydrogen-bond acceptors (Lipinski definition) is 3. The first-order valence-corrected chi connectivity index (χ1v) is 6.80. The Balaban J connectivity index is 1.90. The van der Waals surface area contributed by atoms with Gasteiger partial charge in [0.2, 0.25) is 0 Å². The van der Waals surface area contributed by atoms with Gasteiger partial charge in [-0.25, -0.2) is 9.37 Å². The van der Waals surface area contributed by atoms with Crippen LogP contribution in [0.2, 0.25) is 0 Å². The van der Waals surface area contributed by atoms with E-state index in [1.807, 2.05) is 0 Å². The van der Waals surface area contributed by atoms with Gasteiger partial charge in [-0.3, -0.25) is 0 Å². The van der Waals surface area contributed by atoms with Gasteiger partial charge in [0.15, 0.2) is 0 Å². The first kappa shape index (κ1) is 11.1. The Kier molecular flexibility index (Phi) is 2.64. The third kappa shape index (κ3) is 2.19. The van der Waals surface area contributed by atoms with Gasteiger partial charge < -0.3 is 5.73 Å². The minimum Gasteiger partial charge on any atom is -0.325 e. The van der Waals surface area contributed by atoms with Gasteiger partial charge in [-0.15, -0.1) is 11.3 Å². The number of benzene rings is 1. The highest BCUT2D eigenvalue weighted by atomic mass is 32.1. The molecule has 2 nitrogen and oxygen atoms in total. The Morgan fingerprint density at radius 3 is 2.88 bits per heavy atom. The van der Waals surface area contributed by atoms with Crippen molar-refractivity contribution in [2.24, 2.45) is 5.73 Å². The highest BCUT2D eigenvalue weighted by Crippen LogP contribution is 2.33. The van der Waals surface area contributed by atoms with E-state index in [0.717, 1.165) is 34.5 Å². The molecule has 3 rings (SSSR count). The Labute approximate surface area is 104 Å². The molecule has 0 unspecified atom stereocenters. The molecule has 0 radical (unpaired) electrons. The summed E-state index contributed by atoms with van der Waals surface area (Å²) in [4.78, 5) is 4.48. The van der Waals surface area contributed by atoms with Crippen molar-refractivity contribution in [3.8, 4) is 0 Å². The fraction of sp³-hybridized carbons (Fsp3) is 0.462. The lowest BCUT2D eigenvalue weighted by atomic mass is 9.95. The highest BCUT2D eigenvalue weighted by Gasteiger charge is 2.30. The second-order valence-corrected chi connectivity index (χ2v) is 6.08. The SMILES string of the molecule is NC1(Cc2nc3cc(F)ccc3s2)CCCC1. The van der Waals surface area contributed by atoms with Crippen molar-refractivity contribution in [1.29, 1.82) is 0 Å². The molecular formula is C13H15FN2S. The molecule has 1 aromatic heterocycles. The number of fused-ring (bicyclic) bond motifs is 1. The molecule has 90 valence electrons. The molecule has 1 fully saturated rings. The zero-order chi connectivity index (χ0) is 11.9. The summed E-state index contributed by atoms with van der Waals surface area (Å²) in [5.41, 5.74) is 7.01. The molecule has 0 aliphatic heterocycles. The maximum Gasteiger partial charge on any atom is 0.125 e. The van der Waals surface area contributed by atoms with Gasteiger partial charge in [-0.1, -0.05) is 12.8 Å². The Hall–Kier alpha value is -1.00. The van der Waals surface area contributed by atoms with E-state index in [4.69, 9.17) is 5.73 Å². The number of aromatic nitrogens is 1. The summed E-state index contributed by atoms with van der Waals surface area (Å²) < 4.78 is 14.1. The van der Waals surface area contributed by atoms with Gasteiger partial charge in [0.05, 0.1) is 15.2 Å². The van der Waals surface area contributed by atoms with Gasteiger partial charge in [0.1, 0.15) is 5.82 Å². The lowest BCUT2D eigenvalue weighted by Crippen LogP contribution is -2.38. The fourth-order valence-corrected chi connectivity index (χ4v) is 3.68. The van der Waals surface area contributed by atoms with Crippen LogP contribution in [0.3, 0.4) is 0 Å². The summed E-state index contributed by atoms with van der Waals surface area (Å²) >= 11 is 1.63. The lowest BCUT2D eigenvalue weighted by Gasteiger charge is -2.21. The van der Waals surface area contributed by atoms with Crippen molar-refractivity contribution in [3.05, 3.63) is 29.0 Å². The largest absolute Gasteiger partial charge is 0.325 e. The maximum absolute atomic E-state index is 13.1. The predicted molar refractivity (Wildman–Crippen MR) is 68.7 cm³/mol. The van der Waals surface area contributed by atoms with Crippen LogP contribution in [0.4, 0.5) is 4.39 Å². The van der Waals surface area contributed by atoms with Gasteiger partial charge in [0, 0.05) is 18.0 Å². The molecule has 1 saturated carbocycles. The van der Waals surface area contributed by atoms with Crippen molar-refractivity contribution in [3.63, 3.8) is 0 Å². The number of thiazole rings is 1. The third-order valence-corrected chi connectivity index (χ3v) is 4.53. The Bertz CT molecular complexity index is 543. The third-order valence-electron chi connectivity index (χ3n) is 3.50. The quantitative estimate of drug-likeness (QED) is 0.888. The highest BCUT2D eigenvalue weighted by molar-refractivity contribution is 7.18. The van der Waals surface area contributed by atoms with E-state index in [1.54, 1.807) is 17.4 Å². The van der Waals surface area contributed by atoms with E-state index in [9.17, 15) is 4.39 Å². The minimum atomic E-state index is -0.224. The minimum absolute atomic E-state index is 0.0770. The fourth-order valence-electron chi connectivity index (χ4n) is 2.58. The lowest BCUT2D eigenvalue weighted by molar-refractivity contribution is 0.436. The summed E-state index contributed by atoms with van der Waals surface area (Å²) in [6, 6.07) is 4.77. The van der Waals surface area contributed by atoms with Crippen molar-refractivity contribution in [2.45, 2.75) is 37.6 Å². The molecule has 0 atom stereocenters. The Morgan fingerprint density at radius 1 is 1.35 bits per heavy atom. The molecule has 2 aromatic rings. The summed E-state index contributed by atoms with van der Waals surface area (Å²) in [6.45, 7) is 0. The van der Waals surface area contributed by atoms with Crippen LogP contribution in [0.5, 0.6) is 0 Å². The monoisotopic (exact) mass is 250 g/mol. The Morgan fingerprint density at radius 2 is 2.12 bits per heavy atom. The molecule has 2 N–H and O–H groups in total. The van der Waals surface area contributed by atoms with Gasteiger partial charge in [-0.2, -0.15) is 0 Å². The van der Waals surface area contributed by atoms with Crippen LogP contribution in [0.15, 0.2) is 18.2 Å². The topological polar surface area (TPSA) is 38.9 Å². The first-order chi connectivity index (χ1) is 8.15. The van der Waals surface area contributed by atoms with Crippen LogP contribution in [-0.4, -0.2) is 10.5 Å². The molecule has 1 aromatic carbocycles. The first-order valence-electron chi connectivity index (χ1n) is 5.99. The molecule has 0 saturated heterocycles. The number of nitrogens with zero attached hydrogens (tertiary/aromatic N) is 1. The van der Waals surface area contributed by atoms with E-state index in [1.165, 1.54) is 25.0 Å². The van der Waals surface area contributed by atoms with Crippen LogP contribution < -0.4 is 5.73 Å². The van der Waals surface area contributed by atoms with Gasteiger partial charge >= 0.3 is 0 Å². The number of nitrogens with two attached hydrogens (primary N) is 1. The van der Waals surface area contributed by atoms with Crippen molar-refractivity contribution in [2.75, 3.05) is 0 Å². The molecule has 4 heteroatoms. The maximum atomic E-state index is 13.1. The summed E-state index contributed by atoms with van der Waals surface area (Å²) in [6.07, 6.45) is 5.43. The molecule has 1 aliphatic carbocycles. The normalized spacial score (nSPS) is 18.9. The smallest absolute Gasteiger partial charge is 0.125 e. The second-order valence-electron chi connectivity index (χ2n) is 4.97. The second kappa shape index (κ2) is 4.03. The van der Waals surface area contributed by atoms with E-state index < -0.39 is 0 Å². The van der Waals surface area contributed by atoms with Crippen LogP contribution in [-0.2, 0) is 6.42 Å². The molecule has 1 heterocycles. The zero-order valence-electron chi connectivity index (χ0n) is 9.58. The average molecular weight is 250 g/mol. The van der Waals surface area contributed by atoms with Gasteiger partial charge in [0.25, 0.3) is 0 Å². The standard InChI is InChI=1S/C13H15FN2S/c14-9-3-4-11-10(7-9)16-12(17-11)8-13(15)5-1-2-6-13/h3-4,7H,1-2,5-6,8,15H2. The van der Waals surface area contributed by atoms with Crippen LogP contribution in [0.1, 0.15) is 30.7 Å². The molecule has 0 spiro atoms. The van der Waals surface area contributed by atoms with Crippen LogP contribution in [0.25, 0.3) is 10.2 Å². The molecule has 0 bridgehead atoms. The van der Waals surface area contributed by atoms with E-state index >= 15 is 0 Å². The summed E-state index contributed by atoms with van der Waals surface area (Å²) in [7, 11) is 0. The van der Waals surface area contributed by atoms with Crippen molar-refractivity contribution >= 4 is 21.6 Å². The predicted octanol–water partition coefficient (Wildman–Crippen LogP) is 3.25. The van der Waals surface area contributed by atoms with Crippen LogP contribution in [0, 0.1) is 5.82 Å². The summed E-state index contributed by atoms with van der Waals surface area (Å²) in [5.74, 6) is -0.224. The van der Waals surface area contributed by atoms with Gasteiger partial charge in [-0.05, 0) is 25.0 Å². The number of rotatable bonds is 2. The molecule has 17 heavy (non-hydrogen) atoms. The number of halogens is 1. The number of hydrogen-bond donors (Lipinski definition) is 1. The van der Waals surface area contributed by atoms with Crippen LogP contribution >= 0.6 is 11.3 Å². The van der Waals surface area contributed by atoms with E-state index in [-0.39, 0.29) is 11.4 Å². The molecule has 1 aliphatic rings. The van der Waals surface area contributed by atoms with E-state index in [2.05, 4.69) is 4.98 Å². The molecule has 0 amide bonds. The zero-order valence-corrected chi connectivity index (χ0v) is 10.4. The average Bonchev–Trinajstić information content (AvgIpc) is 2.84. The van der Waals surface area contributed by atoms with Crippen molar-refractivity contribution < 1.29 is 4.39 Å². The van der Waals surface area contributed by atoms with E-state index in [0.29, 0.717) is 0 Å². The van der Waals surface area contributed by atoms with Crippen molar-refractivity contribution in [1.82, 2.24) is 4.98 Å².